The van der Waals surface area contributed by atoms with Crippen LogP contribution in [0.3, 0.4) is 0 Å². The third kappa shape index (κ3) is 5.00. The van der Waals surface area contributed by atoms with E-state index in [-0.39, 0.29) is 29.5 Å². The van der Waals surface area contributed by atoms with Gasteiger partial charge in [-0.3, -0.25) is 9.59 Å². The Morgan fingerprint density at radius 3 is 2.31 bits per heavy atom. The molecule has 1 heterocycles. The number of carbonyl (C=O) groups is 2. The summed E-state index contributed by atoms with van der Waals surface area (Å²) >= 11 is 0. The zero-order valence-corrected chi connectivity index (χ0v) is 17.1. The van der Waals surface area contributed by atoms with Gasteiger partial charge in [0, 0.05) is 37.0 Å². The quantitative estimate of drug-likeness (QED) is 0.776. The third-order valence-corrected chi connectivity index (χ3v) is 6.40. The number of rotatable bonds is 5. The van der Waals surface area contributed by atoms with Crippen LogP contribution >= 0.6 is 0 Å². The van der Waals surface area contributed by atoms with Gasteiger partial charge in [0.05, 0.1) is 18.1 Å². The lowest BCUT2D eigenvalue weighted by molar-refractivity contribution is -0.114. The van der Waals surface area contributed by atoms with Gasteiger partial charge in [0.2, 0.25) is 15.9 Å². The minimum absolute atomic E-state index is 0.0714. The highest BCUT2D eigenvalue weighted by Gasteiger charge is 2.27. The first kappa shape index (κ1) is 21.0. The van der Waals surface area contributed by atoms with E-state index in [1.165, 1.54) is 23.4 Å². The summed E-state index contributed by atoms with van der Waals surface area (Å²) in [6, 6.07) is 11.2. The van der Waals surface area contributed by atoms with Crippen molar-refractivity contribution in [2.24, 2.45) is 0 Å². The molecule has 0 aliphatic carbocycles. The lowest BCUT2D eigenvalue weighted by Crippen LogP contribution is -2.40. The van der Waals surface area contributed by atoms with Crippen LogP contribution in [0.4, 0.5) is 11.4 Å². The Hall–Kier alpha value is -2.75. The first-order chi connectivity index (χ1) is 13.8. The maximum absolute atomic E-state index is 12.9. The maximum Gasteiger partial charge on any atom is 0.255 e. The van der Waals surface area contributed by atoms with Gasteiger partial charge in [0.25, 0.3) is 5.91 Å². The van der Waals surface area contributed by atoms with E-state index >= 15 is 0 Å². The van der Waals surface area contributed by atoms with E-state index in [4.69, 9.17) is 4.74 Å². The van der Waals surface area contributed by atoms with Crippen LogP contribution in [0.2, 0.25) is 0 Å². The number of nitrogens with zero attached hydrogens (tertiary/aromatic N) is 1. The first-order valence-electron chi connectivity index (χ1n) is 9.15. The molecule has 0 spiro atoms. The summed E-state index contributed by atoms with van der Waals surface area (Å²) in [5.41, 5.74) is 1.96. The molecule has 3 rings (SSSR count). The van der Waals surface area contributed by atoms with E-state index in [0.29, 0.717) is 30.2 Å². The Labute approximate surface area is 169 Å². The lowest BCUT2D eigenvalue weighted by atomic mass is 10.1. The SMILES string of the molecule is CC(=O)Nc1cccc(NC(=O)c2cc(S(=O)(=O)N3CCOCC3)ccc2C)c1. The summed E-state index contributed by atoms with van der Waals surface area (Å²) in [5, 5.41) is 5.40. The number of benzene rings is 2. The summed E-state index contributed by atoms with van der Waals surface area (Å²) in [4.78, 5) is 24.1. The molecule has 2 aromatic carbocycles. The van der Waals surface area contributed by atoms with Gasteiger partial charge in [0.1, 0.15) is 0 Å². The molecule has 8 nitrogen and oxygen atoms in total. The van der Waals surface area contributed by atoms with Gasteiger partial charge in [-0.15, -0.1) is 0 Å². The van der Waals surface area contributed by atoms with E-state index in [1.54, 1.807) is 37.3 Å². The summed E-state index contributed by atoms with van der Waals surface area (Å²) in [6.45, 7) is 4.41. The van der Waals surface area contributed by atoms with Gasteiger partial charge < -0.3 is 15.4 Å². The smallest absolute Gasteiger partial charge is 0.255 e. The number of sulfonamides is 1. The highest BCUT2D eigenvalue weighted by atomic mass is 32.2. The number of hydrogen-bond donors (Lipinski definition) is 2. The van der Waals surface area contributed by atoms with Crippen LogP contribution in [0.1, 0.15) is 22.8 Å². The van der Waals surface area contributed by atoms with Crippen molar-refractivity contribution >= 4 is 33.2 Å². The van der Waals surface area contributed by atoms with Crippen LogP contribution in [-0.4, -0.2) is 50.8 Å². The van der Waals surface area contributed by atoms with Crippen LogP contribution in [0, 0.1) is 6.92 Å². The summed E-state index contributed by atoms with van der Waals surface area (Å²) in [7, 11) is -3.70. The number of morpholine rings is 1. The van der Waals surface area contributed by atoms with Gasteiger partial charge >= 0.3 is 0 Å². The van der Waals surface area contributed by atoms with E-state index in [0.717, 1.165) is 0 Å². The van der Waals surface area contributed by atoms with Crippen molar-refractivity contribution in [1.29, 1.82) is 0 Å². The van der Waals surface area contributed by atoms with Crippen molar-refractivity contribution in [3.05, 3.63) is 53.6 Å². The second-order valence-electron chi connectivity index (χ2n) is 6.71. The van der Waals surface area contributed by atoms with Crippen LogP contribution in [0.15, 0.2) is 47.4 Å². The Kier molecular flexibility index (Phi) is 6.31. The van der Waals surface area contributed by atoms with Crippen molar-refractivity contribution in [2.75, 3.05) is 36.9 Å². The van der Waals surface area contributed by atoms with Crippen LogP contribution in [0.25, 0.3) is 0 Å². The van der Waals surface area contributed by atoms with Crippen molar-refractivity contribution in [2.45, 2.75) is 18.7 Å². The van der Waals surface area contributed by atoms with Gasteiger partial charge in [-0.05, 0) is 42.8 Å². The molecule has 0 atom stereocenters. The Morgan fingerprint density at radius 1 is 1.00 bits per heavy atom. The molecule has 9 heteroatoms. The molecule has 1 fully saturated rings. The number of aryl methyl sites for hydroxylation is 1. The number of ether oxygens (including phenoxy) is 1. The Morgan fingerprint density at radius 2 is 1.66 bits per heavy atom. The zero-order chi connectivity index (χ0) is 21.0. The summed E-state index contributed by atoms with van der Waals surface area (Å²) in [5.74, 6) is -0.646. The lowest BCUT2D eigenvalue weighted by Gasteiger charge is -2.26. The first-order valence-corrected chi connectivity index (χ1v) is 10.6. The van der Waals surface area contributed by atoms with Crippen molar-refractivity contribution < 1.29 is 22.7 Å². The second kappa shape index (κ2) is 8.73. The largest absolute Gasteiger partial charge is 0.379 e. The molecular weight excluding hydrogens is 394 g/mol. The molecule has 1 aliphatic rings. The monoisotopic (exact) mass is 417 g/mol. The molecule has 0 bridgehead atoms. The molecule has 1 saturated heterocycles. The Balaban J connectivity index is 1.84. The number of anilines is 2. The zero-order valence-electron chi connectivity index (χ0n) is 16.3. The standard InChI is InChI=1S/C20H23N3O5S/c1-14-6-7-18(29(26,27)23-8-10-28-11-9-23)13-19(14)20(25)22-17-5-3-4-16(12-17)21-15(2)24/h3-7,12-13H,8-11H2,1-2H3,(H,21,24)(H,22,25). The maximum atomic E-state index is 12.9. The topological polar surface area (TPSA) is 105 Å². The highest BCUT2D eigenvalue weighted by molar-refractivity contribution is 7.89. The van der Waals surface area contributed by atoms with Crippen molar-refractivity contribution in [3.63, 3.8) is 0 Å². The summed E-state index contributed by atoms with van der Waals surface area (Å²) in [6.07, 6.45) is 0. The number of amides is 2. The molecule has 2 aromatic rings. The van der Waals surface area contributed by atoms with Gasteiger partial charge in [-0.25, -0.2) is 8.42 Å². The highest BCUT2D eigenvalue weighted by Crippen LogP contribution is 2.22. The van der Waals surface area contributed by atoms with Crippen LogP contribution in [0.5, 0.6) is 0 Å². The third-order valence-electron chi connectivity index (χ3n) is 4.50. The number of carbonyl (C=O) groups excluding carboxylic acids is 2. The van der Waals surface area contributed by atoms with E-state index < -0.39 is 15.9 Å². The molecular formula is C20H23N3O5S. The predicted molar refractivity (Wildman–Crippen MR) is 109 cm³/mol. The molecule has 29 heavy (non-hydrogen) atoms. The Bertz CT molecular complexity index is 1030. The molecule has 2 amide bonds. The molecule has 0 aromatic heterocycles. The minimum Gasteiger partial charge on any atom is -0.379 e. The predicted octanol–water partition coefficient (Wildman–Crippen LogP) is 2.23. The number of hydrogen-bond acceptors (Lipinski definition) is 5. The van der Waals surface area contributed by atoms with Crippen molar-refractivity contribution in [1.82, 2.24) is 4.31 Å². The molecule has 154 valence electrons. The van der Waals surface area contributed by atoms with Crippen LogP contribution in [-0.2, 0) is 19.6 Å². The molecule has 2 N–H and O–H groups in total. The fourth-order valence-electron chi connectivity index (χ4n) is 3.02. The van der Waals surface area contributed by atoms with Gasteiger partial charge in [-0.1, -0.05) is 12.1 Å². The average Bonchev–Trinajstić information content (AvgIpc) is 2.68. The average molecular weight is 417 g/mol. The van der Waals surface area contributed by atoms with Crippen molar-refractivity contribution in [3.8, 4) is 0 Å². The fraction of sp³-hybridized carbons (Fsp3) is 0.300. The van der Waals surface area contributed by atoms with E-state index in [2.05, 4.69) is 10.6 Å². The van der Waals surface area contributed by atoms with Gasteiger partial charge in [0.15, 0.2) is 0 Å². The molecule has 0 unspecified atom stereocenters. The van der Waals surface area contributed by atoms with Gasteiger partial charge in [-0.2, -0.15) is 4.31 Å². The molecule has 0 radical (unpaired) electrons. The van der Waals surface area contributed by atoms with E-state index in [9.17, 15) is 18.0 Å². The molecule has 0 saturated carbocycles. The second-order valence-corrected chi connectivity index (χ2v) is 8.65. The van der Waals surface area contributed by atoms with Crippen LogP contribution < -0.4 is 10.6 Å². The fourth-order valence-corrected chi connectivity index (χ4v) is 4.45. The molecule has 1 aliphatic heterocycles. The van der Waals surface area contributed by atoms with E-state index in [1.807, 2.05) is 0 Å². The minimum atomic E-state index is -3.70. The number of nitrogens with one attached hydrogen (secondary N) is 2. The summed E-state index contributed by atoms with van der Waals surface area (Å²) < 4.78 is 32.3. The normalized spacial score (nSPS) is 15.0.